The van der Waals surface area contributed by atoms with Crippen molar-refractivity contribution in [3.63, 3.8) is 0 Å². The fourth-order valence-electron chi connectivity index (χ4n) is 3.31. The van der Waals surface area contributed by atoms with Gasteiger partial charge in [0.25, 0.3) is 0 Å². The van der Waals surface area contributed by atoms with Gasteiger partial charge in [0.05, 0.1) is 0 Å². The van der Waals surface area contributed by atoms with E-state index in [-0.39, 0.29) is 5.41 Å². The van der Waals surface area contributed by atoms with Gasteiger partial charge < -0.3 is 4.57 Å². The van der Waals surface area contributed by atoms with Crippen molar-refractivity contribution < 1.29 is 4.79 Å². The van der Waals surface area contributed by atoms with Crippen LogP contribution in [0.2, 0.25) is 0 Å². The van der Waals surface area contributed by atoms with Crippen LogP contribution in [-0.2, 0) is 13.0 Å². The Balaban J connectivity index is 1.92. The first-order valence-corrected chi connectivity index (χ1v) is 7.16. The van der Waals surface area contributed by atoms with Crippen LogP contribution in [0.1, 0.15) is 62.5 Å². The van der Waals surface area contributed by atoms with Crippen LogP contribution in [0.3, 0.4) is 0 Å². The molecule has 0 bridgehead atoms. The van der Waals surface area contributed by atoms with Crippen molar-refractivity contribution in [1.29, 1.82) is 0 Å². The smallest absolute Gasteiger partial charge is 0.165 e. The summed E-state index contributed by atoms with van der Waals surface area (Å²) in [5.41, 5.74) is 2.94. The molecule has 1 fully saturated rings. The molecule has 0 unspecified atom stereocenters. The van der Waals surface area contributed by atoms with E-state index in [1.165, 1.54) is 25.0 Å². The van der Waals surface area contributed by atoms with Crippen LogP contribution in [-0.4, -0.2) is 10.4 Å². The molecule has 2 aliphatic rings. The summed E-state index contributed by atoms with van der Waals surface area (Å²) in [5, 5.41) is 0. The van der Waals surface area contributed by atoms with Gasteiger partial charge in [-0.15, -0.1) is 0 Å². The van der Waals surface area contributed by atoms with Gasteiger partial charge >= 0.3 is 0 Å². The summed E-state index contributed by atoms with van der Waals surface area (Å²) >= 11 is 0. The monoisotopic (exact) mass is 245 g/mol. The third kappa shape index (κ3) is 1.92. The zero-order valence-electron chi connectivity index (χ0n) is 11.8. The number of rotatable bonds is 3. The summed E-state index contributed by atoms with van der Waals surface area (Å²) in [6.45, 7) is 7.82. The molecule has 98 valence electrons. The largest absolute Gasteiger partial charge is 0.350 e. The molecule has 18 heavy (non-hydrogen) atoms. The maximum absolute atomic E-state index is 12.2. The quantitative estimate of drug-likeness (QED) is 0.793. The van der Waals surface area contributed by atoms with E-state index < -0.39 is 0 Å². The van der Waals surface area contributed by atoms with E-state index in [1.807, 2.05) is 6.07 Å². The van der Waals surface area contributed by atoms with E-state index in [0.717, 1.165) is 18.5 Å². The molecule has 1 saturated carbocycles. The summed E-state index contributed by atoms with van der Waals surface area (Å²) in [6.07, 6.45) is 7.85. The molecule has 1 aromatic heterocycles. The van der Waals surface area contributed by atoms with Crippen molar-refractivity contribution in [3.8, 4) is 0 Å². The van der Waals surface area contributed by atoms with Gasteiger partial charge in [-0.05, 0) is 42.6 Å². The van der Waals surface area contributed by atoms with Crippen molar-refractivity contribution in [2.75, 3.05) is 0 Å². The predicted octanol–water partition coefficient (Wildman–Crippen LogP) is 3.83. The van der Waals surface area contributed by atoms with E-state index in [4.69, 9.17) is 0 Å². The Kier molecular flexibility index (Phi) is 2.48. The van der Waals surface area contributed by atoms with Crippen LogP contribution in [0.5, 0.6) is 0 Å². The van der Waals surface area contributed by atoms with Crippen molar-refractivity contribution in [3.05, 3.63) is 23.5 Å². The molecule has 0 spiro atoms. The minimum Gasteiger partial charge on any atom is -0.350 e. The first kappa shape index (κ1) is 12.0. The standard InChI is InChI=1S/C16H23NO/c1-4-16(6-7-16)11-17-8-5-12-13(17)9-15(2,3)10-14(12)18/h5,8H,4,6-7,9-11H2,1-3H3. The Labute approximate surface area is 109 Å². The lowest BCUT2D eigenvalue weighted by Gasteiger charge is -2.30. The zero-order valence-corrected chi connectivity index (χ0v) is 11.8. The second-order valence-electron chi connectivity index (χ2n) is 7.10. The minimum absolute atomic E-state index is 0.128. The van der Waals surface area contributed by atoms with E-state index in [9.17, 15) is 4.79 Å². The first-order chi connectivity index (χ1) is 8.45. The fourth-order valence-corrected chi connectivity index (χ4v) is 3.31. The van der Waals surface area contributed by atoms with Crippen molar-refractivity contribution in [2.45, 2.75) is 59.4 Å². The van der Waals surface area contributed by atoms with Crippen LogP contribution < -0.4 is 0 Å². The zero-order chi connectivity index (χ0) is 13.0. The highest BCUT2D eigenvalue weighted by Crippen LogP contribution is 2.50. The normalized spacial score (nSPS) is 23.8. The number of ketones is 1. The van der Waals surface area contributed by atoms with Gasteiger partial charge in [0.1, 0.15) is 0 Å². The Morgan fingerprint density at radius 1 is 1.28 bits per heavy atom. The average Bonchev–Trinajstić information content (AvgIpc) is 2.95. The molecule has 1 aromatic rings. The summed E-state index contributed by atoms with van der Waals surface area (Å²) in [7, 11) is 0. The van der Waals surface area contributed by atoms with Crippen LogP contribution in [0.15, 0.2) is 12.3 Å². The highest BCUT2D eigenvalue weighted by Gasteiger charge is 2.42. The van der Waals surface area contributed by atoms with Gasteiger partial charge in [0.2, 0.25) is 0 Å². The Morgan fingerprint density at radius 3 is 2.61 bits per heavy atom. The number of fused-ring (bicyclic) bond motifs is 1. The summed E-state index contributed by atoms with van der Waals surface area (Å²) in [4.78, 5) is 12.2. The third-order valence-electron chi connectivity index (χ3n) is 4.88. The van der Waals surface area contributed by atoms with E-state index in [0.29, 0.717) is 17.6 Å². The van der Waals surface area contributed by atoms with Gasteiger partial charge in [-0.3, -0.25) is 4.79 Å². The predicted molar refractivity (Wildman–Crippen MR) is 72.8 cm³/mol. The van der Waals surface area contributed by atoms with Gasteiger partial charge in [0, 0.05) is 30.4 Å². The second-order valence-corrected chi connectivity index (χ2v) is 7.10. The van der Waals surface area contributed by atoms with Crippen LogP contribution in [0.4, 0.5) is 0 Å². The summed E-state index contributed by atoms with van der Waals surface area (Å²) < 4.78 is 2.37. The Morgan fingerprint density at radius 2 is 2.00 bits per heavy atom. The molecule has 2 nitrogen and oxygen atoms in total. The molecule has 0 aromatic carbocycles. The molecule has 0 atom stereocenters. The number of hydrogen-bond donors (Lipinski definition) is 0. The molecule has 3 rings (SSSR count). The maximum atomic E-state index is 12.2. The number of aromatic nitrogens is 1. The molecular formula is C16H23NO. The highest BCUT2D eigenvalue weighted by atomic mass is 16.1. The summed E-state index contributed by atoms with van der Waals surface area (Å²) in [6, 6.07) is 2.04. The van der Waals surface area contributed by atoms with Crippen molar-refractivity contribution in [1.82, 2.24) is 4.57 Å². The first-order valence-electron chi connectivity index (χ1n) is 7.16. The molecule has 2 heteroatoms. The number of carbonyl (C=O) groups is 1. The lowest BCUT2D eigenvalue weighted by Crippen LogP contribution is -2.28. The van der Waals surface area contributed by atoms with Crippen LogP contribution >= 0.6 is 0 Å². The van der Waals surface area contributed by atoms with E-state index in [2.05, 4.69) is 31.5 Å². The van der Waals surface area contributed by atoms with Gasteiger partial charge in [0.15, 0.2) is 5.78 Å². The molecule has 2 aliphatic carbocycles. The molecule has 0 radical (unpaired) electrons. The van der Waals surface area contributed by atoms with Gasteiger partial charge in [-0.2, -0.15) is 0 Å². The molecule has 0 saturated heterocycles. The minimum atomic E-state index is 0.128. The third-order valence-corrected chi connectivity index (χ3v) is 4.88. The number of nitrogens with zero attached hydrogens (tertiary/aromatic N) is 1. The van der Waals surface area contributed by atoms with Crippen molar-refractivity contribution >= 4 is 5.78 Å². The number of Topliss-reactive ketones (excluding diaryl/α,β-unsaturated/α-hetero) is 1. The second kappa shape index (κ2) is 3.72. The number of hydrogen-bond acceptors (Lipinski definition) is 1. The maximum Gasteiger partial charge on any atom is 0.165 e. The molecule has 0 amide bonds. The Hall–Kier alpha value is -1.05. The molecule has 0 aliphatic heterocycles. The van der Waals surface area contributed by atoms with Gasteiger partial charge in [-0.1, -0.05) is 20.8 Å². The summed E-state index contributed by atoms with van der Waals surface area (Å²) in [5.74, 6) is 0.335. The van der Waals surface area contributed by atoms with Gasteiger partial charge in [-0.25, -0.2) is 0 Å². The van der Waals surface area contributed by atoms with Crippen molar-refractivity contribution in [2.24, 2.45) is 10.8 Å². The number of carbonyl (C=O) groups excluding carboxylic acids is 1. The van der Waals surface area contributed by atoms with Crippen LogP contribution in [0.25, 0.3) is 0 Å². The van der Waals surface area contributed by atoms with E-state index >= 15 is 0 Å². The Bertz CT molecular complexity index is 491. The topological polar surface area (TPSA) is 22.0 Å². The van der Waals surface area contributed by atoms with E-state index in [1.54, 1.807) is 0 Å². The molecular weight excluding hydrogens is 222 g/mol. The highest BCUT2D eigenvalue weighted by molar-refractivity contribution is 5.98. The lowest BCUT2D eigenvalue weighted by molar-refractivity contribution is 0.0909. The SMILES string of the molecule is CCC1(Cn2ccc3c2CC(C)(C)CC3=O)CC1. The molecule has 0 N–H and O–H groups in total. The molecule has 1 heterocycles. The lowest BCUT2D eigenvalue weighted by atomic mass is 9.76. The van der Waals surface area contributed by atoms with Crippen LogP contribution in [0, 0.1) is 10.8 Å². The fraction of sp³-hybridized carbons (Fsp3) is 0.688. The average molecular weight is 245 g/mol.